The van der Waals surface area contributed by atoms with Crippen LogP contribution in [-0.2, 0) is 6.54 Å². The minimum absolute atomic E-state index is 0.804. The highest BCUT2D eigenvalue weighted by Gasteiger charge is 2.05. The molecule has 1 aromatic heterocycles. The quantitative estimate of drug-likeness (QED) is 0.761. The van der Waals surface area contributed by atoms with Crippen molar-refractivity contribution in [1.82, 2.24) is 10.3 Å². The summed E-state index contributed by atoms with van der Waals surface area (Å²) in [5.41, 5.74) is 2.10. The minimum atomic E-state index is 0.804. The van der Waals surface area contributed by atoms with Crippen LogP contribution in [0.4, 0.5) is 0 Å². The minimum Gasteiger partial charge on any atom is -0.457 e. The fraction of sp³-hybridized carbons (Fsp3) is 0.167. The molecule has 3 aromatic rings. The molecule has 0 aliphatic rings. The van der Waals surface area contributed by atoms with E-state index in [9.17, 15) is 0 Å². The number of pyridine rings is 1. The molecule has 0 amide bonds. The van der Waals surface area contributed by atoms with Crippen LogP contribution < -0.4 is 10.1 Å². The van der Waals surface area contributed by atoms with E-state index in [1.165, 1.54) is 0 Å². The number of nitrogens with one attached hydrogen (secondary N) is 1. The van der Waals surface area contributed by atoms with E-state index in [4.69, 9.17) is 4.74 Å². The third-order valence-corrected chi connectivity index (χ3v) is 3.34. The molecular weight excluding hydrogens is 260 g/mol. The molecule has 3 nitrogen and oxygen atoms in total. The number of rotatable bonds is 5. The first-order valence-electron chi connectivity index (χ1n) is 7.18. The Morgan fingerprint density at radius 3 is 2.86 bits per heavy atom. The zero-order valence-corrected chi connectivity index (χ0v) is 12.0. The van der Waals surface area contributed by atoms with E-state index in [0.29, 0.717) is 0 Å². The second-order valence-corrected chi connectivity index (χ2v) is 4.85. The summed E-state index contributed by atoms with van der Waals surface area (Å²) in [7, 11) is 0. The van der Waals surface area contributed by atoms with Crippen molar-refractivity contribution < 1.29 is 4.74 Å². The molecule has 0 bridgehead atoms. The van der Waals surface area contributed by atoms with Gasteiger partial charge in [0.05, 0.1) is 5.52 Å². The summed E-state index contributed by atoms with van der Waals surface area (Å²) in [4.78, 5) is 4.36. The van der Waals surface area contributed by atoms with Crippen LogP contribution in [0.1, 0.15) is 12.5 Å². The van der Waals surface area contributed by atoms with Gasteiger partial charge in [0, 0.05) is 29.8 Å². The average Bonchev–Trinajstić information content (AvgIpc) is 2.54. The van der Waals surface area contributed by atoms with E-state index < -0.39 is 0 Å². The predicted octanol–water partition coefficient (Wildman–Crippen LogP) is 4.14. The highest BCUT2D eigenvalue weighted by molar-refractivity contribution is 5.79. The van der Waals surface area contributed by atoms with Crippen LogP contribution in [0.5, 0.6) is 11.5 Å². The second kappa shape index (κ2) is 6.37. The van der Waals surface area contributed by atoms with Gasteiger partial charge in [-0.15, -0.1) is 0 Å². The first-order chi connectivity index (χ1) is 10.4. The lowest BCUT2D eigenvalue weighted by atomic mass is 10.2. The van der Waals surface area contributed by atoms with Gasteiger partial charge in [-0.3, -0.25) is 4.98 Å². The van der Waals surface area contributed by atoms with Gasteiger partial charge < -0.3 is 10.1 Å². The zero-order chi connectivity index (χ0) is 14.5. The Hall–Kier alpha value is -2.39. The Balaban J connectivity index is 1.87. The van der Waals surface area contributed by atoms with Crippen LogP contribution in [0.15, 0.2) is 60.8 Å². The largest absolute Gasteiger partial charge is 0.457 e. The van der Waals surface area contributed by atoms with Crippen molar-refractivity contribution in [3.63, 3.8) is 0 Å². The predicted molar refractivity (Wildman–Crippen MR) is 85.6 cm³/mol. The third kappa shape index (κ3) is 3.20. The number of hydrogen-bond donors (Lipinski definition) is 1. The smallest absolute Gasteiger partial charge is 0.131 e. The molecule has 0 aliphatic carbocycles. The van der Waals surface area contributed by atoms with Gasteiger partial charge in [-0.2, -0.15) is 0 Å². The van der Waals surface area contributed by atoms with Crippen LogP contribution in [0.3, 0.4) is 0 Å². The molecule has 0 radical (unpaired) electrons. The number of nitrogens with zero attached hydrogens (tertiary/aromatic N) is 1. The monoisotopic (exact) mass is 278 g/mol. The highest BCUT2D eigenvalue weighted by atomic mass is 16.5. The van der Waals surface area contributed by atoms with Gasteiger partial charge in [0.1, 0.15) is 11.5 Å². The van der Waals surface area contributed by atoms with Crippen LogP contribution in [0.25, 0.3) is 10.9 Å². The van der Waals surface area contributed by atoms with Crippen molar-refractivity contribution in [3.05, 3.63) is 66.4 Å². The van der Waals surface area contributed by atoms with Gasteiger partial charge in [0.2, 0.25) is 0 Å². The van der Waals surface area contributed by atoms with E-state index in [1.807, 2.05) is 48.5 Å². The Bertz CT molecular complexity index is 740. The number of ether oxygens (including phenoxy) is 1. The van der Waals surface area contributed by atoms with Crippen molar-refractivity contribution in [2.24, 2.45) is 0 Å². The molecule has 0 saturated carbocycles. The molecule has 0 aliphatic heterocycles. The molecule has 0 fully saturated rings. The van der Waals surface area contributed by atoms with E-state index in [2.05, 4.69) is 23.3 Å². The number of para-hydroxylation sites is 1. The molecular formula is C18H18N2O. The number of fused-ring (bicyclic) bond motifs is 1. The number of benzene rings is 2. The van der Waals surface area contributed by atoms with Crippen molar-refractivity contribution in [2.75, 3.05) is 6.54 Å². The molecule has 1 heterocycles. The molecule has 2 aromatic carbocycles. The molecule has 0 unspecified atom stereocenters. The van der Waals surface area contributed by atoms with Crippen LogP contribution in [0, 0.1) is 0 Å². The second-order valence-electron chi connectivity index (χ2n) is 4.85. The average molecular weight is 278 g/mol. The van der Waals surface area contributed by atoms with Crippen molar-refractivity contribution in [2.45, 2.75) is 13.5 Å². The SMILES string of the molecule is CCNCc1ccccc1Oc1ccc2cccnc2c1. The van der Waals surface area contributed by atoms with E-state index in [0.717, 1.165) is 41.1 Å². The normalized spacial score (nSPS) is 10.7. The molecule has 1 N–H and O–H groups in total. The zero-order valence-electron chi connectivity index (χ0n) is 12.0. The van der Waals surface area contributed by atoms with Crippen LogP contribution >= 0.6 is 0 Å². The maximum atomic E-state index is 6.03. The summed E-state index contributed by atoms with van der Waals surface area (Å²) in [6.45, 7) is 3.84. The van der Waals surface area contributed by atoms with Gasteiger partial charge in [-0.05, 0) is 30.8 Å². The van der Waals surface area contributed by atoms with Crippen LogP contribution in [-0.4, -0.2) is 11.5 Å². The summed E-state index contributed by atoms with van der Waals surface area (Å²) >= 11 is 0. The van der Waals surface area contributed by atoms with Crippen molar-refractivity contribution in [3.8, 4) is 11.5 Å². The maximum absolute atomic E-state index is 6.03. The van der Waals surface area contributed by atoms with Crippen molar-refractivity contribution in [1.29, 1.82) is 0 Å². The molecule has 21 heavy (non-hydrogen) atoms. The number of aromatic nitrogens is 1. The molecule has 3 heteroatoms. The van der Waals surface area contributed by atoms with Crippen LogP contribution in [0.2, 0.25) is 0 Å². The van der Waals surface area contributed by atoms with E-state index in [-0.39, 0.29) is 0 Å². The lowest BCUT2D eigenvalue weighted by molar-refractivity contribution is 0.474. The Labute approximate surface area is 124 Å². The summed E-state index contributed by atoms with van der Waals surface area (Å²) in [6.07, 6.45) is 1.80. The fourth-order valence-electron chi connectivity index (χ4n) is 2.25. The van der Waals surface area contributed by atoms with Gasteiger partial charge in [0.25, 0.3) is 0 Å². The van der Waals surface area contributed by atoms with E-state index >= 15 is 0 Å². The van der Waals surface area contributed by atoms with E-state index in [1.54, 1.807) is 6.20 Å². The van der Waals surface area contributed by atoms with Gasteiger partial charge in [0.15, 0.2) is 0 Å². The Morgan fingerprint density at radius 1 is 1.05 bits per heavy atom. The topological polar surface area (TPSA) is 34.1 Å². The maximum Gasteiger partial charge on any atom is 0.131 e. The molecule has 0 saturated heterocycles. The summed E-state index contributed by atoms with van der Waals surface area (Å²) < 4.78 is 6.03. The lowest BCUT2D eigenvalue weighted by Gasteiger charge is -2.11. The third-order valence-electron chi connectivity index (χ3n) is 3.34. The molecule has 106 valence electrons. The van der Waals surface area contributed by atoms with Gasteiger partial charge in [-0.25, -0.2) is 0 Å². The Morgan fingerprint density at radius 2 is 1.95 bits per heavy atom. The van der Waals surface area contributed by atoms with Gasteiger partial charge >= 0.3 is 0 Å². The number of hydrogen-bond acceptors (Lipinski definition) is 3. The summed E-state index contributed by atoms with van der Waals surface area (Å²) in [5.74, 6) is 1.69. The molecule has 3 rings (SSSR count). The fourth-order valence-corrected chi connectivity index (χ4v) is 2.25. The molecule has 0 atom stereocenters. The van der Waals surface area contributed by atoms with Crippen molar-refractivity contribution >= 4 is 10.9 Å². The van der Waals surface area contributed by atoms with Gasteiger partial charge in [-0.1, -0.05) is 31.2 Å². The standard InChI is InChI=1S/C18H18N2O/c1-2-19-13-15-6-3-4-8-18(15)21-16-10-9-14-7-5-11-20-17(14)12-16/h3-12,19H,2,13H2,1H3. The first kappa shape index (κ1) is 13.6. The lowest BCUT2D eigenvalue weighted by Crippen LogP contribution is -2.12. The summed E-state index contributed by atoms with van der Waals surface area (Å²) in [5, 5.41) is 4.44. The molecule has 0 spiro atoms. The highest BCUT2D eigenvalue weighted by Crippen LogP contribution is 2.27. The summed E-state index contributed by atoms with van der Waals surface area (Å²) in [6, 6.07) is 18.1. The first-order valence-corrected chi connectivity index (χ1v) is 7.18. The Kier molecular flexibility index (Phi) is 4.12.